The van der Waals surface area contributed by atoms with Crippen LogP contribution in [0.5, 0.6) is 0 Å². The van der Waals surface area contributed by atoms with Gasteiger partial charge < -0.3 is 15.3 Å². The molecule has 0 spiro atoms. The Bertz CT molecular complexity index is 753. The Hall–Kier alpha value is -2.24. The average Bonchev–Trinajstić information content (AvgIpc) is 2.59. The van der Waals surface area contributed by atoms with Crippen molar-refractivity contribution in [1.29, 1.82) is 0 Å². The molecular formula is C18H18Cl2N2O3. The standard InChI is InChI=1S/C18H18Cl2N2O3/c1-22(17(23)10-12-7-8-14(19)15(20)9-12)16(11-21-18(24)25)13-5-3-2-4-6-13/h2-9,16,21H,10-11H2,1H3,(H,24,25)/t16-/m1/s1. The van der Waals surface area contributed by atoms with E-state index >= 15 is 0 Å². The first-order valence-corrected chi connectivity index (χ1v) is 8.35. The van der Waals surface area contributed by atoms with Crippen LogP contribution in [-0.2, 0) is 11.2 Å². The quantitative estimate of drug-likeness (QED) is 0.795. The van der Waals surface area contributed by atoms with Gasteiger partial charge in [0.15, 0.2) is 0 Å². The van der Waals surface area contributed by atoms with E-state index in [2.05, 4.69) is 5.32 Å². The van der Waals surface area contributed by atoms with Crippen molar-refractivity contribution in [3.8, 4) is 0 Å². The van der Waals surface area contributed by atoms with Crippen molar-refractivity contribution in [3.05, 3.63) is 69.7 Å². The molecule has 0 heterocycles. The second-order valence-electron chi connectivity index (χ2n) is 5.54. The molecule has 132 valence electrons. The summed E-state index contributed by atoms with van der Waals surface area (Å²) in [5, 5.41) is 12.0. The molecule has 0 aliphatic rings. The molecule has 0 radical (unpaired) electrons. The van der Waals surface area contributed by atoms with Gasteiger partial charge in [0, 0.05) is 13.6 Å². The lowest BCUT2D eigenvalue weighted by Crippen LogP contribution is -2.39. The van der Waals surface area contributed by atoms with Crippen LogP contribution in [-0.4, -0.2) is 35.6 Å². The van der Waals surface area contributed by atoms with Crippen LogP contribution in [0.15, 0.2) is 48.5 Å². The normalized spacial score (nSPS) is 11.6. The van der Waals surface area contributed by atoms with E-state index in [0.29, 0.717) is 10.0 Å². The fraction of sp³-hybridized carbons (Fsp3) is 0.222. The second-order valence-corrected chi connectivity index (χ2v) is 6.36. The lowest BCUT2D eigenvalue weighted by molar-refractivity contribution is -0.131. The fourth-order valence-corrected chi connectivity index (χ4v) is 2.78. The lowest BCUT2D eigenvalue weighted by atomic mass is 10.0. The predicted octanol–water partition coefficient (Wildman–Crippen LogP) is 4.00. The van der Waals surface area contributed by atoms with Crippen LogP contribution in [0, 0.1) is 0 Å². The van der Waals surface area contributed by atoms with Crippen molar-refractivity contribution in [3.63, 3.8) is 0 Å². The van der Waals surface area contributed by atoms with Gasteiger partial charge in [-0.2, -0.15) is 0 Å². The number of carbonyl (C=O) groups excluding carboxylic acids is 1. The molecule has 2 aromatic rings. The number of halogens is 2. The van der Waals surface area contributed by atoms with Crippen LogP contribution in [0.25, 0.3) is 0 Å². The van der Waals surface area contributed by atoms with Crippen molar-refractivity contribution in [1.82, 2.24) is 10.2 Å². The Labute approximate surface area is 156 Å². The summed E-state index contributed by atoms with van der Waals surface area (Å²) in [6, 6.07) is 13.9. The van der Waals surface area contributed by atoms with Gasteiger partial charge in [-0.3, -0.25) is 4.79 Å². The molecular weight excluding hydrogens is 363 g/mol. The number of nitrogens with zero attached hydrogens (tertiary/aromatic N) is 1. The Morgan fingerprint density at radius 1 is 1.12 bits per heavy atom. The average molecular weight is 381 g/mol. The first kappa shape index (κ1) is 19.1. The van der Waals surface area contributed by atoms with Gasteiger partial charge in [0.25, 0.3) is 0 Å². The monoisotopic (exact) mass is 380 g/mol. The van der Waals surface area contributed by atoms with E-state index in [1.807, 2.05) is 30.3 Å². The Kier molecular flexibility index (Phi) is 6.67. The Morgan fingerprint density at radius 2 is 1.80 bits per heavy atom. The zero-order valence-corrected chi connectivity index (χ0v) is 15.1. The summed E-state index contributed by atoms with van der Waals surface area (Å²) >= 11 is 11.9. The van der Waals surface area contributed by atoms with Gasteiger partial charge in [-0.1, -0.05) is 59.6 Å². The molecule has 0 aromatic heterocycles. The van der Waals surface area contributed by atoms with Gasteiger partial charge in [0.05, 0.1) is 22.5 Å². The second kappa shape index (κ2) is 8.74. The summed E-state index contributed by atoms with van der Waals surface area (Å²) in [7, 11) is 1.65. The molecule has 2 N–H and O–H groups in total. The number of hydrogen-bond acceptors (Lipinski definition) is 2. The number of carbonyl (C=O) groups is 2. The molecule has 0 aliphatic heterocycles. The number of nitrogens with one attached hydrogen (secondary N) is 1. The third-order valence-corrected chi connectivity index (χ3v) is 4.57. The summed E-state index contributed by atoms with van der Waals surface area (Å²) in [5.41, 5.74) is 1.59. The molecule has 1 atom stereocenters. The molecule has 0 aliphatic carbocycles. The van der Waals surface area contributed by atoms with E-state index in [0.717, 1.165) is 11.1 Å². The van der Waals surface area contributed by atoms with Gasteiger partial charge in [0.2, 0.25) is 5.91 Å². The summed E-state index contributed by atoms with van der Waals surface area (Å²) in [5.74, 6) is -0.153. The third kappa shape index (κ3) is 5.37. The van der Waals surface area contributed by atoms with Gasteiger partial charge in [-0.25, -0.2) is 4.79 Å². The number of amides is 2. The summed E-state index contributed by atoms with van der Waals surface area (Å²) in [4.78, 5) is 25.0. The number of likely N-dealkylation sites (N-methyl/N-ethyl adjacent to an activating group) is 1. The number of benzene rings is 2. The highest BCUT2D eigenvalue weighted by Crippen LogP contribution is 2.24. The molecule has 25 heavy (non-hydrogen) atoms. The van der Waals surface area contributed by atoms with E-state index < -0.39 is 12.1 Å². The molecule has 0 fully saturated rings. The van der Waals surface area contributed by atoms with Crippen LogP contribution in [0.1, 0.15) is 17.2 Å². The highest BCUT2D eigenvalue weighted by molar-refractivity contribution is 6.42. The molecule has 5 nitrogen and oxygen atoms in total. The molecule has 0 bridgehead atoms. The third-order valence-electron chi connectivity index (χ3n) is 3.83. The van der Waals surface area contributed by atoms with E-state index in [9.17, 15) is 9.59 Å². The number of carboxylic acid groups (broad SMARTS) is 1. The highest BCUT2D eigenvalue weighted by atomic mass is 35.5. The molecule has 0 saturated heterocycles. The Balaban J connectivity index is 2.16. The zero-order chi connectivity index (χ0) is 18.4. The largest absolute Gasteiger partial charge is 0.465 e. The van der Waals surface area contributed by atoms with E-state index in [1.54, 1.807) is 25.2 Å². The molecule has 0 unspecified atom stereocenters. The fourth-order valence-electron chi connectivity index (χ4n) is 2.46. The maximum absolute atomic E-state index is 12.6. The zero-order valence-electron chi connectivity index (χ0n) is 13.6. The van der Waals surface area contributed by atoms with E-state index in [1.165, 1.54) is 4.90 Å². The summed E-state index contributed by atoms with van der Waals surface area (Å²) in [6.07, 6.45) is -0.990. The summed E-state index contributed by atoms with van der Waals surface area (Å²) in [6.45, 7) is 0.100. The van der Waals surface area contributed by atoms with Gasteiger partial charge in [-0.05, 0) is 23.3 Å². The van der Waals surface area contributed by atoms with Crippen LogP contribution in [0.2, 0.25) is 10.0 Å². The summed E-state index contributed by atoms with van der Waals surface area (Å²) < 4.78 is 0. The maximum atomic E-state index is 12.6. The van der Waals surface area contributed by atoms with Crippen molar-refractivity contribution in [2.24, 2.45) is 0 Å². The minimum Gasteiger partial charge on any atom is -0.465 e. The molecule has 2 aromatic carbocycles. The van der Waals surface area contributed by atoms with Gasteiger partial charge >= 0.3 is 6.09 Å². The maximum Gasteiger partial charge on any atom is 0.404 e. The van der Waals surface area contributed by atoms with Crippen molar-refractivity contribution < 1.29 is 14.7 Å². The molecule has 0 saturated carbocycles. The van der Waals surface area contributed by atoms with Crippen LogP contribution >= 0.6 is 23.2 Å². The topological polar surface area (TPSA) is 69.6 Å². The predicted molar refractivity (Wildman–Crippen MR) is 98.1 cm³/mol. The van der Waals surface area contributed by atoms with Crippen molar-refractivity contribution in [2.75, 3.05) is 13.6 Å². The first-order valence-electron chi connectivity index (χ1n) is 7.60. The van der Waals surface area contributed by atoms with Gasteiger partial charge in [0.1, 0.15) is 0 Å². The van der Waals surface area contributed by atoms with Crippen LogP contribution < -0.4 is 5.32 Å². The molecule has 2 rings (SSSR count). The smallest absolute Gasteiger partial charge is 0.404 e. The SMILES string of the molecule is CN(C(=O)Cc1ccc(Cl)c(Cl)c1)[C@H](CNC(=O)O)c1ccccc1. The minimum atomic E-state index is -1.13. The van der Waals surface area contributed by atoms with Crippen molar-refractivity contribution in [2.45, 2.75) is 12.5 Å². The van der Waals surface area contributed by atoms with Crippen LogP contribution in [0.3, 0.4) is 0 Å². The van der Waals surface area contributed by atoms with E-state index in [-0.39, 0.29) is 18.9 Å². The van der Waals surface area contributed by atoms with Gasteiger partial charge in [-0.15, -0.1) is 0 Å². The highest BCUT2D eigenvalue weighted by Gasteiger charge is 2.22. The molecule has 2 amide bonds. The van der Waals surface area contributed by atoms with E-state index in [4.69, 9.17) is 28.3 Å². The first-order chi connectivity index (χ1) is 11.9. The Morgan fingerprint density at radius 3 is 2.40 bits per heavy atom. The molecule has 7 heteroatoms. The number of hydrogen-bond donors (Lipinski definition) is 2. The minimum absolute atomic E-state index is 0.100. The van der Waals surface area contributed by atoms with Crippen LogP contribution in [0.4, 0.5) is 4.79 Å². The number of rotatable bonds is 6. The lowest BCUT2D eigenvalue weighted by Gasteiger charge is -2.28. The van der Waals surface area contributed by atoms with Crippen molar-refractivity contribution >= 4 is 35.2 Å².